The van der Waals surface area contributed by atoms with E-state index in [1.807, 2.05) is 11.8 Å². The summed E-state index contributed by atoms with van der Waals surface area (Å²) in [4.78, 5) is 4.68. The van der Waals surface area contributed by atoms with E-state index >= 15 is 0 Å². The van der Waals surface area contributed by atoms with Crippen LogP contribution in [-0.2, 0) is 9.47 Å². The van der Waals surface area contributed by atoms with Crippen LogP contribution in [0.2, 0.25) is 25.7 Å². The average Bonchev–Trinajstić information content (AvgIpc) is 3.05. The van der Waals surface area contributed by atoms with Crippen LogP contribution in [0.4, 0.5) is 0 Å². The Hall–Kier alpha value is -1.57. The summed E-state index contributed by atoms with van der Waals surface area (Å²) in [5.74, 6) is 0. The molecule has 4 rings (SSSR count). The van der Waals surface area contributed by atoms with Gasteiger partial charge in [0.05, 0.1) is 16.9 Å². The molecule has 0 amide bonds. The molecule has 0 bridgehead atoms. The second-order valence-electron chi connectivity index (χ2n) is 10.8. The summed E-state index contributed by atoms with van der Waals surface area (Å²) in [7, 11) is 3.11. The first-order valence-electron chi connectivity index (χ1n) is 12.5. The Kier molecular flexibility index (Phi) is 8.59. The Morgan fingerprint density at radius 1 is 1.15 bits per heavy atom. The van der Waals surface area contributed by atoms with Gasteiger partial charge in [0.25, 0.3) is 0 Å². The van der Waals surface area contributed by atoms with E-state index in [1.165, 1.54) is 32.8 Å². The second-order valence-corrected chi connectivity index (χ2v) is 17.6. The van der Waals surface area contributed by atoms with Crippen LogP contribution in [0.1, 0.15) is 18.1 Å². The van der Waals surface area contributed by atoms with Gasteiger partial charge in [0.15, 0.2) is 0 Å². The predicted octanol–water partition coefficient (Wildman–Crippen LogP) is 4.34. The molecule has 1 aliphatic carbocycles. The van der Waals surface area contributed by atoms with Crippen LogP contribution in [0.15, 0.2) is 53.6 Å². The number of fused-ring (bicyclic) bond motifs is 4. The van der Waals surface area contributed by atoms with Crippen molar-refractivity contribution in [3.8, 4) is 0 Å². The van der Waals surface area contributed by atoms with E-state index in [0.717, 1.165) is 32.7 Å². The first-order valence-corrected chi connectivity index (χ1v) is 17.1. The molecule has 2 atom stereocenters. The summed E-state index contributed by atoms with van der Waals surface area (Å²) in [6.07, 6.45) is 14.4. The lowest BCUT2D eigenvalue weighted by Crippen LogP contribution is -2.34. The van der Waals surface area contributed by atoms with E-state index in [-0.39, 0.29) is 6.10 Å². The summed E-state index contributed by atoms with van der Waals surface area (Å²) < 4.78 is 12.6. The van der Waals surface area contributed by atoms with Gasteiger partial charge in [0.2, 0.25) is 0 Å². The van der Waals surface area contributed by atoms with E-state index in [2.05, 4.69) is 98.2 Å². The fraction of sp³-hybridized carbons (Fsp3) is 0.500. The van der Waals surface area contributed by atoms with Crippen LogP contribution in [0.25, 0.3) is 11.8 Å². The number of hydrogen-bond acceptors (Lipinski definition) is 5. The molecule has 184 valence electrons. The molecule has 4 nitrogen and oxygen atoms in total. The van der Waals surface area contributed by atoms with Gasteiger partial charge in [-0.3, -0.25) is 0 Å². The van der Waals surface area contributed by atoms with Crippen LogP contribution in [-0.4, -0.2) is 70.1 Å². The molecule has 1 fully saturated rings. The van der Waals surface area contributed by atoms with Crippen molar-refractivity contribution in [1.29, 1.82) is 0 Å². The maximum Gasteiger partial charge on any atom is 0.106 e. The Bertz CT molecular complexity index is 1070. The van der Waals surface area contributed by atoms with Crippen molar-refractivity contribution in [3.05, 3.63) is 69.6 Å². The average molecular weight is 497 g/mol. The number of ether oxygens (including phenoxy) is 2. The third kappa shape index (κ3) is 6.55. The molecule has 0 aromatic heterocycles. The Morgan fingerprint density at radius 3 is 2.79 bits per heavy atom. The topological polar surface area (TPSA) is 24.9 Å². The lowest BCUT2D eigenvalue weighted by Gasteiger charge is -2.23. The van der Waals surface area contributed by atoms with E-state index in [1.54, 1.807) is 0 Å². The normalized spacial score (nSPS) is 19.9. The zero-order valence-electron chi connectivity index (χ0n) is 21.4. The summed E-state index contributed by atoms with van der Waals surface area (Å²) in [5, 5.41) is 4.30. The fourth-order valence-electron chi connectivity index (χ4n) is 4.40. The molecule has 1 aromatic rings. The van der Waals surface area contributed by atoms with Gasteiger partial charge in [-0.15, -0.1) is 0 Å². The van der Waals surface area contributed by atoms with Crippen molar-refractivity contribution in [2.75, 3.05) is 47.0 Å². The molecule has 3 aliphatic rings. The number of allylic oxidation sites excluding steroid dienone is 3. The van der Waals surface area contributed by atoms with Gasteiger partial charge in [-0.05, 0) is 56.0 Å². The molecule has 0 N–H and O–H groups in total. The number of nitrogens with zero attached hydrogens (tertiary/aromatic N) is 2. The Balaban J connectivity index is 1.60. The number of benzene rings is 1. The van der Waals surface area contributed by atoms with Crippen LogP contribution in [0.5, 0.6) is 0 Å². The smallest absolute Gasteiger partial charge is 0.106 e. The van der Waals surface area contributed by atoms with Crippen molar-refractivity contribution in [2.45, 2.75) is 43.5 Å². The summed E-state index contributed by atoms with van der Waals surface area (Å²) in [5.41, 5.74) is 2.61. The molecule has 1 saturated heterocycles. The first-order chi connectivity index (χ1) is 16.3. The van der Waals surface area contributed by atoms with E-state index in [9.17, 15) is 0 Å². The fourth-order valence-corrected chi connectivity index (χ4v) is 6.41. The van der Waals surface area contributed by atoms with Gasteiger partial charge >= 0.3 is 0 Å². The number of rotatable bonds is 11. The Labute approximate surface area is 210 Å². The third-order valence-corrected chi connectivity index (χ3v) is 9.29. The SMILES string of the molecule is CN(C)CCCOC(COCC[Si](C)(C)C)c1ccc2c(c1)=C1C(C=CC=2)SC2=CC=CCN21. The highest BCUT2D eigenvalue weighted by Crippen LogP contribution is 2.43. The summed E-state index contributed by atoms with van der Waals surface area (Å²) >= 11 is 1.94. The van der Waals surface area contributed by atoms with Crippen molar-refractivity contribution in [3.63, 3.8) is 0 Å². The molecule has 1 aromatic carbocycles. The van der Waals surface area contributed by atoms with Crippen LogP contribution in [0.3, 0.4) is 0 Å². The van der Waals surface area contributed by atoms with Gasteiger partial charge in [-0.25, -0.2) is 0 Å². The second kappa shape index (κ2) is 11.4. The minimum atomic E-state index is -1.11. The van der Waals surface area contributed by atoms with Crippen molar-refractivity contribution in [2.24, 2.45) is 0 Å². The standard InChI is InChI=1S/C28H40N2O2SSi/c1-29(2)15-9-17-32-25(21-31-18-19-34(3,4)5)23-14-13-22-10-8-11-26-28(24(22)20-23)30-16-7-6-12-27(30)33-26/h6-8,10-14,20,25-26H,9,15-19,21H2,1-5H3. The summed E-state index contributed by atoms with van der Waals surface area (Å²) in [6.45, 7) is 11.3. The van der Waals surface area contributed by atoms with Crippen molar-refractivity contribution in [1.82, 2.24) is 9.80 Å². The molecule has 34 heavy (non-hydrogen) atoms. The van der Waals surface area contributed by atoms with Crippen LogP contribution < -0.4 is 10.4 Å². The lowest BCUT2D eigenvalue weighted by molar-refractivity contribution is -0.0172. The molecule has 0 spiro atoms. The van der Waals surface area contributed by atoms with Crippen LogP contribution in [0, 0.1) is 0 Å². The highest BCUT2D eigenvalue weighted by Gasteiger charge is 2.32. The molecule has 0 saturated carbocycles. The number of thioether (sulfide) groups is 1. The van der Waals surface area contributed by atoms with Gasteiger partial charge in [0.1, 0.15) is 6.10 Å². The molecule has 2 aliphatic heterocycles. The van der Waals surface area contributed by atoms with Gasteiger partial charge in [-0.1, -0.05) is 73.9 Å². The molecular weight excluding hydrogens is 456 g/mol. The number of hydrogen-bond donors (Lipinski definition) is 0. The molecule has 2 unspecified atom stereocenters. The molecule has 2 heterocycles. The van der Waals surface area contributed by atoms with Crippen molar-refractivity contribution < 1.29 is 9.47 Å². The van der Waals surface area contributed by atoms with E-state index < -0.39 is 8.07 Å². The maximum absolute atomic E-state index is 6.43. The zero-order chi connectivity index (χ0) is 24.1. The first kappa shape index (κ1) is 25.5. The van der Waals surface area contributed by atoms with Crippen molar-refractivity contribution >= 4 is 31.6 Å². The quantitative estimate of drug-likeness (QED) is 0.335. The monoisotopic (exact) mass is 496 g/mol. The highest BCUT2D eigenvalue weighted by molar-refractivity contribution is 8.04. The van der Waals surface area contributed by atoms with Gasteiger partial charge in [-0.2, -0.15) is 0 Å². The highest BCUT2D eigenvalue weighted by atomic mass is 32.2. The maximum atomic E-state index is 6.43. The van der Waals surface area contributed by atoms with Crippen LogP contribution >= 0.6 is 11.8 Å². The minimum absolute atomic E-state index is 0.0466. The molecular formula is C28H40N2O2SSi. The van der Waals surface area contributed by atoms with E-state index in [4.69, 9.17) is 9.47 Å². The largest absolute Gasteiger partial charge is 0.379 e. The minimum Gasteiger partial charge on any atom is -0.379 e. The van der Waals surface area contributed by atoms with Gasteiger partial charge in [0, 0.05) is 38.7 Å². The molecule has 0 radical (unpaired) electrons. The summed E-state index contributed by atoms with van der Waals surface area (Å²) in [6, 6.07) is 8.04. The lowest BCUT2D eigenvalue weighted by atomic mass is 10.0. The van der Waals surface area contributed by atoms with Gasteiger partial charge < -0.3 is 19.3 Å². The van der Waals surface area contributed by atoms with E-state index in [0.29, 0.717) is 11.9 Å². The molecule has 6 heteroatoms. The third-order valence-electron chi connectivity index (χ3n) is 6.36. The predicted molar refractivity (Wildman–Crippen MR) is 149 cm³/mol. The Morgan fingerprint density at radius 2 is 2.00 bits per heavy atom. The zero-order valence-corrected chi connectivity index (χ0v) is 23.2.